The molecule has 0 unspecified atom stereocenters. The van der Waals surface area contributed by atoms with Gasteiger partial charge in [-0.15, -0.1) is 16.4 Å². The number of halogens is 1. The molecule has 0 saturated carbocycles. The average Bonchev–Trinajstić information content (AvgIpc) is 3.67. The molecule has 39 heavy (non-hydrogen) atoms. The van der Waals surface area contributed by atoms with Gasteiger partial charge in [0, 0.05) is 16.6 Å². The number of carboxylic acid groups (broad SMARTS) is 1. The Morgan fingerprint density at radius 3 is 2.62 bits per heavy atom. The van der Waals surface area contributed by atoms with E-state index >= 15 is 0 Å². The summed E-state index contributed by atoms with van der Waals surface area (Å²) in [6.45, 7) is 3.49. The van der Waals surface area contributed by atoms with Crippen LogP contribution in [0.25, 0.3) is 22.2 Å². The summed E-state index contributed by atoms with van der Waals surface area (Å²) in [4.78, 5) is 17.6. The lowest BCUT2D eigenvalue weighted by atomic mass is 10.1. The molecule has 0 saturated heterocycles. The van der Waals surface area contributed by atoms with Gasteiger partial charge < -0.3 is 9.63 Å². The quantitative estimate of drug-likeness (QED) is 0.211. The normalized spacial score (nSPS) is 12.7. The molecule has 1 aromatic carbocycles. The monoisotopic (exact) mass is 576 g/mol. The van der Waals surface area contributed by atoms with Crippen molar-refractivity contribution in [1.29, 1.82) is 0 Å². The highest BCUT2D eigenvalue weighted by Crippen LogP contribution is 2.29. The fourth-order valence-corrected chi connectivity index (χ4v) is 6.04. The first-order valence-electron chi connectivity index (χ1n) is 12.4. The van der Waals surface area contributed by atoms with Gasteiger partial charge in [0.05, 0.1) is 28.7 Å². The molecule has 0 radical (unpaired) electrons. The number of aromatic nitrogens is 5. The Morgan fingerprint density at radius 1 is 1.15 bits per heavy atom. The topological polar surface area (TPSA) is 153 Å². The maximum atomic E-state index is 12.6. The smallest absolute Gasteiger partial charge is 0.322 e. The zero-order valence-corrected chi connectivity index (χ0v) is 23.1. The summed E-state index contributed by atoms with van der Waals surface area (Å²) in [5.41, 5.74) is 1.40. The molecule has 11 nitrogen and oxygen atoms in total. The van der Waals surface area contributed by atoms with Crippen LogP contribution >= 0.6 is 11.3 Å². The van der Waals surface area contributed by atoms with Crippen LogP contribution in [0.5, 0.6) is 0 Å². The lowest BCUT2D eigenvalue weighted by Crippen LogP contribution is -2.44. The maximum Gasteiger partial charge on any atom is 0.322 e. The van der Waals surface area contributed by atoms with Crippen molar-refractivity contribution in [3.63, 3.8) is 0 Å². The number of hydrogen-bond donors (Lipinski definition) is 2. The molecule has 2 N–H and O–H groups in total. The van der Waals surface area contributed by atoms with Crippen molar-refractivity contribution in [3.8, 4) is 22.2 Å². The molecule has 0 bridgehead atoms. The van der Waals surface area contributed by atoms with Gasteiger partial charge in [0.15, 0.2) is 0 Å². The van der Waals surface area contributed by atoms with E-state index in [4.69, 9.17) is 4.52 Å². The van der Waals surface area contributed by atoms with Gasteiger partial charge in [0.2, 0.25) is 15.8 Å². The number of rotatable bonds is 14. The minimum Gasteiger partial charge on any atom is -0.480 e. The molecule has 14 heteroatoms. The SMILES string of the molecule is CC(C)[C@@H](NS(=O)(=O)c1ccc(-c2nc(-c3ccc(Cn4cc(CCCCCF)nn4)s3)no2)cc1)C(=O)O. The third kappa shape index (κ3) is 7.34. The number of carboxylic acids is 1. The molecule has 4 aromatic rings. The number of unbranched alkanes of at least 4 members (excludes halogenated alkanes) is 2. The number of carbonyl (C=O) groups is 1. The number of aliphatic carboxylic acids is 1. The summed E-state index contributed by atoms with van der Waals surface area (Å²) in [5.74, 6) is -1.05. The third-order valence-electron chi connectivity index (χ3n) is 5.90. The van der Waals surface area contributed by atoms with Crippen molar-refractivity contribution in [2.45, 2.75) is 57.0 Å². The van der Waals surface area contributed by atoms with E-state index in [1.54, 1.807) is 18.5 Å². The second-order valence-electron chi connectivity index (χ2n) is 9.30. The van der Waals surface area contributed by atoms with Gasteiger partial charge in [0.25, 0.3) is 5.89 Å². The van der Waals surface area contributed by atoms with Crippen LogP contribution in [-0.2, 0) is 27.8 Å². The fraction of sp³-hybridized carbons (Fsp3) is 0.400. The van der Waals surface area contributed by atoms with Gasteiger partial charge in [-0.05, 0) is 61.6 Å². The summed E-state index contributed by atoms with van der Waals surface area (Å²) in [6, 6.07) is 8.36. The number of sulfonamides is 1. The largest absolute Gasteiger partial charge is 0.480 e. The molecule has 4 rings (SSSR count). The predicted octanol–water partition coefficient (Wildman–Crippen LogP) is 4.17. The highest BCUT2D eigenvalue weighted by atomic mass is 32.2. The molecule has 1 atom stereocenters. The number of alkyl halides is 1. The summed E-state index contributed by atoms with van der Waals surface area (Å²) >= 11 is 1.49. The van der Waals surface area contributed by atoms with Crippen LogP contribution in [0.4, 0.5) is 4.39 Å². The van der Waals surface area contributed by atoms with E-state index in [0.717, 1.165) is 34.7 Å². The predicted molar refractivity (Wildman–Crippen MR) is 142 cm³/mol. The Kier molecular flexibility index (Phi) is 9.20. The van der Waals surface area contributed by atoms with Gasteiger partial charge in [-0.2, -0.15) is 9.71 Å². The van der Waals surface area contributed by atoms with Crippen LogP contribution in [0.15, 0.2) is 52.0 Å². The number of aryl methyl sites for hydroxylation is 1. The summed E-state index contributed by atoms with van der Waals surface area (Å²) in [5, 5.41) is 21.7. The van der Waals surface area contributed by atoms with Crippen molar-refractivity contribution in [3.05, 3.63) is 53.2 Å². The molecular weight excluding hydrogens is 547 g/mol. The second-order valence-corrected chi connectivity index (χ2v) is 12.2. The van der Waals surface area contributed by atoms with E-state index < -0.39 is 28.0 Å². The first-order chi connectivity index (χ1) is 18.7. The lowest BCUT2D eigenvalue weighted by Gasteiger charge is -2.17. The van der Waals surface area contributed by atoms with Gasteiger partial charge in [-0.3, -0.25) is 9.18 Å². The highest BCUT2D eigenvalue weighted by molar-refractivity contribution is 7.89. The Bertz CT molecular complexity index is 1500. The fourth-order valence-electron chi connectivity index (χ4n) is 3.77. The average molecular weight is 577 g/mol. The standard InChI is InChI=1S/C25H29FN6O5S2/c1-16(2)22(25(33)34)30-39(35,36)20-10-7-17(8-11-20)24-27-23(29-37-24)21-12-9-19(38-21)15-32-14-18(28-31-32)6-4-3-5-13-26/h7-12,14,16,22,30H,3-6,13,15H2,1-2H3,(H,33,34)/t22-/m1/s1. The number of thiophene rings is 1. The van der Waals surface area contributed by atoms with Gasteiger partial charge in [-0.1, -0.05) is 30.6 Å². The van der Waals surface area contributed by atoms with Crippen molar-refractivity contribution in [1.82, 2.24) is 29.9 Å². The lowest BCUT2D eigenvalue weighted by molar-refractivity contribution is -0.140. The maximum absolute atomic E-state index is 12.6. The molecule has 3 heterocycles. The van der Waals surface area contributed by atoms with Crippen LogP contribution in [-0.4, -0.2) is 57.3 Å². The van der Waals surface area contributed by atoms with E-state index in [9.17, 15) is 22.7 Å². The summed E-state index contributed by atoms with van der Waals surface area (Å²) in [6.07, 6.45) is 4.94. The van der Waals surface area contributed by atoms with Gasteiger partial charge in [0.1, 0.15) is 6.04 Å². The molecule has 208 valence electrons. The number of hydrogen-bond acceptors (Lipinski definition) is 9. The van der Waals surface area contributed by atoms with Crippen LogP contribution in [0, 0.1) is 5.92 Å². The number of nitrogens with one attached hydrogen (secondary N) is 1. The first-order valence-corrected chi connectivity index (χ1v) is 14.7. The van der Waals surface area contributed by atoms with E-state index in [-0.39, 0.29) is 17.5 Å². The second kappa shape index (κ2) is 12.6. The Hall–Kier alpha value is -3.49. The van der Waals surface area contributed by atoms with E-state index in [1.165, 1.54) is 35.6 Å². The van der Waals surface area contributed by atoms with Crippen molar-refractivity contribution in [2.75, 3.05) is 6.67 Å². The zero-order valence-electron chi connectivity index (χ0n) is 21.4. The number of nitrogens with zero attached hydrogens (tertiary/aromatic N) is 5. The molecule has 0 aliphatic rings. The molecule has 0 spiro atoms. The highest BCUT2D eigenvalue weighted by Gasteiger charge is 2.28. The van der Waals surface area contributed by atoms with Crippen molar-refractivity contribution < 1.29 is 27.2 Å². The zero-order chi connectivity index (χ0) is 28.0. The van der Waals surface area contributed by atoms with Gasteiger partial charge in [-0.25, -0.2) is 13.1 Å². The third-order valence-corrected chi connectivity index (χ3v) is 8.43. The number of benzene rings is 1. The van der Waals surface area contributed by atoms with Crippen LogP contribution in [0.2, 0.25) is 0 Å². The first kappa shape index (κ1) is 28.5. The Morgan fingerprint density at radius 2 is 1.92 bits per heavy atom. The molecule has 0 aliphatic carbocycles. The summed E-state index contributed by atoms with van der Waals surface area (Å²) < 4.78 is 46.9. The molecule has 0 aliphatic heterocycles. The van der Waals surface area contributed by atoms with Crippen LogP contribution in [0.1, 0.15) is 43.7 Å². The van der Waals surface area contributed by atoms with Crippen molar-refractivity contribution >= 4 is 27.3 Å². The van der Waals surface area contributed by atoms with Crippen LogP contribution < -0.4 is 4.72 Å². The summed E-state index contributed by atoms with van der Waals surface area (Å²) in [7, 11) is -4.04. The Labute approximate surface area is 229 Å². The van der Waals surface area contributed by atoms with Gasteiger partial charge >= 0.3 is 5.97 Å². The minimum absolute atomic E-state index is 0.0724. The van der Waals surface area contributed by atoms with E-state index in [2.05, 4.69) is 25.2 Å². The molecule has 0 fully saturated rings. The molecular formula is C25H29FN6O5S2. The Balaban J connectivity index is 1.40. The van der Waals surface area contributed by atoms with Crippen molar-refractivity contribution in [2.24, 2.45) is 5.92 Å². The molecule has 0 amide bonds. The van der Waals surface area contributed by atoms with E-state index in [1.807, 2.05) is 18.3 Å². The molecule has 3 aromatic heterocycles. The van der Waals surface area contributed by atoms with E-state index in [0.29, 0.717) is 24.4 Å². The minimum atomic E-state index is -4.04. The van der Waals surface area contributed by atoms with Crippen LogP contribution in [0.3, 0.4) is 0 Å².